The summed E-state index contributed by atoms with van der Waals surface area (Å²) < 4.78 is 16.9. The monoisotopic (exact) mass is 511 g/mol. The molecule has 8 heteroatoms. The van der Waals surface area contributed by atoms with Crippen molar-refractivity contribution in [1.29, 1.82) is 5.41 Å². The van der Waals surface area contributed by atoms with Crippen LogP contribution in [0, 0.1) is 5.41 Å². The van der Waals surface area contributed by atoms with Crippen LogP contribution in [0.1, 0.15) is 11.1 Å². The summed E-state index contributed by atoms with van der Waals surface area (Å²) >= 11 is 1.35. The standard InChI is InChI=1S/C29H25N3O4S/c30-27-25(28(33)31-29-32(27)26(20-37-29)22-7-3-1-4-8-22)19-21-11-13-24(14-12-21)36-18-16-34-15-17-35-23-9-5-2-6-10-23/h1-14,19-20,30H,15-18H2/b25-19-,30-27?. The van der Waals surface area contributed by atoms with Gasteiger partial charge in [0.05, 0.1) is 24.5 Å². The minimum Gasteiger partial charge on any atom is -0.491 e. The summed E-state index contributed by atoms with van der Waals surface area (Å²) in [4.78, 5) is 18.6. The maximum Gasteiger partial charge on any atom is 0.283 e. The largest absolute Gasteiger partial charge is 0.491 e. The van der Waals surface area contributed by atoms with Crippen LogP contribution in [0.3, 0.4) is 0 Å². The van der Waals surface area contributed by atoms with Crippen LogP contribution in [0.2, 0.25) is 0 Å². The highest BCUT2D eigenvalue weighted by atomic mass is 32.2. The molecule has 0 saturated heterocycles. The molecule has 37 heavy (non-hydrogen) atoms. The van der Waals surface area contributed by atoms with Crippen LogP contribution < -0.4 is 9.47 Å². The number of aliphatic imine (C=N–C) groups is 1. The van der Waals surface area contributed by atoms with E-state index in [1.165, 1.54) is 11.8 Å². The highest BCUT2D eigenvalue weighted by molar-refractivity contribution is 8.17. The highest BCUT2D eigenvalue weighted by Gasteiger charge is 2.36. The molecule has 1 amide bonds. The summed E-state index contributed by atoms with van der Waals surface area (Å²) in [5.74, 6) is 1.22. The third-order valence-electron chi connectivity index (χ3n) is 5.61. The number of hydrogen-bond acceptors (Lipinski definition) is 6. The number of thioether (sulfide) groups is 1. The molecule has 3 aromatic carbocycles. The van der Waals surface area contributed by atoms with E-state index in [0.717, 1.165) is 22.6 Å². The summed E-state index contributed by atoms with van der Waals surface area (Å²) in [6, 6.07) is 26.8. The van der Waals surface area contributed by atoms with E-state index in [0.29, 0.717) is 37.3 Å². The molecule has 0 fully saturated rings. The molecule has 7 nitrogen and oxygen atoms in total. The number of rotatable bonds is 10. The zero-order valence-electron chi connectivity index (χ0n) is 20.0. The van der Waals surface area contributed by atoms with Crippen molar-refractivity contribution >= 4 is 40.4 Å². The zero-order chi connectivity index (χ0) is 25.5. The van der Waals surface area contributed by atoms with Gasteiger partial charge in [0.2, 0.25) is 0 Å². The number of amidine groups is 2. The molecule has 2 aliphatic rings. The molecule has 3 aromatic rings. The number of nitrogens with one attached hydrogen (secondary N) is 1. The van der Waals surface area contributed by atoms with Crippen LogP contribution in [0.15, 0.2) is 101 Å². The van der Waals surface area contributed by atoms with Gasteiger partial charge in [0, 0.05) is 5.41 Å². The second kappa shape index (κ2) is 11.7. The highest BCUT2D eigenvalue weighted by Crippen LogP contribution is 2.37. The van der Waals surface area contributed by atoms with E-state index in [2.05, 4.69) is 4.99 Å². The van der Waals surface area contributed by atoms with Crippen molar-refractivity contribution in [1.82, 2.24) is 4.90 Å². The van der Waals surface area contributed by atoms with Crippen LogP contribution in [0.5, 0.6) is 11.5 Å². The molecule has 0 atom stereocenters. The first kappa shape index (κ1) is 24.5. The topological polar surface area (TPSA) is 84.2 Å². The van der Waals surface area contributed by atoms with Crippen molar-refractivity contribution in [3.63, 3.8) is 0 Å². The predicted molar refractivity (Wildman–Crippen MR) is 147 cm³/mol. The van der Waals surface area contributed by atoms with Crippen molar-refractivity contribution < 1.29 is 19.0 Å². The average molecular weight is 512 g/mol. The molecule has 0 radical (unpaired) electrons. The van der Waals surface area contributed by atoms with E-state index < -0.39 is 5.91 Å². The molecule has 2 heterocycles. The van der Waals surface area contributed by atoms with Gasteiger partial charge in [-0.2, -0.15) is 4.99 Å². The molecule has 0 bridgehead atoms. The maximum atomic E-state index is 12.7. The first-order chi connectivity index (χ1) is 18.2. The summed E-state index contributed by atoms with van der Waals surface area (Å²) in [6.45, 7) is 1.81. The lowest BCUT2D eigenvalue weighted by Gasteiger charge is -2.26. The molecule has 0 aliphatic carbocycles. The first-order valence-electron chi connectivity index (χ1n) is 11.8. The normalized spacial score (nSPS) is 15.9. The van der Waals surface area contributed by atoms with Gasteiger partial charge < -0.3 is 14.2 Å². The summed E-state index contributed by atoms with van der Waals surface area (Å²) in [5.41, 5.74) is 2.83. The van der Waals surface area contributed by atoms with Crippen molar-refractivity contribution in [2.75, 3.05) is 26.4 Å². The number of carbonyl (C=O) groups is 1. The number of hydrogen-bond donors (Lipinski definition) is 1. The third kappa shape index (κ3) is 5.99. The number of amides is 1. The molecule has 2 aliphatic heterocycles. The Hall–Kier alpha value is -4.14. The SMILES string of the molecule is N=C1/C(=C/c2ccc(OCCOCCOc3ccccc3)cc2)C(=O)N=C2SC=C(c3ccccc3)N12. The van der Waals surface area contributed by atoms with Crippen LogP contribution in [0.25, 0.3) is 11.8 Å². The minimum absolute atomic E-state index is 0.115. The van der Waals surface area contributed by atoms with Crippen molar-refractivity contribution in [3.8, 4) is 11.5 Å². The van der Waals surface area contributed by atoms with Gasteiger partial charge in [-0.25, -0.2) is 0 Å². The fourth-order valence-electron chi connectivity index (χ4n) is 3.80. The molecule has 0 saturated carbocycles. The first-order valence-corrected chi connectivity index (χ1v) is 12.7. The molecule has 0 spiro atoms. The number of nitrogens with zero attached hydrogens (tertiary/aromatic N) is 2. The van der Waals surface area contributed by atoms with E-state index >= 15 is 0 Å². The fourth-order valence-corrected chi connectivity index (χ4v) is 4.69. The Balaban J connectivity index is 1.13. The molecule has 5 rings (SSSR count). The number of fused-ring (bicyclic) bond motifs is 1. The van der Waals surface area contributed by atoms with Crippen LogP contribution in [-0.4, -0.2) is 48.2 Å². The predicted octanol–water partition coefficient (Wildman–Crippen LogP) is 5.47. The van der Waals surface area contributed by atoms with E-state index in [4.69, 9.17) is 19.6 Å². The Morgan fingerprint density at radius 2 is 1.43 bits per heavy atom. The van der Waals surface area contributed by atoms with Crippen molar-refractivity contribution in [2.45, 2.75) is 0 Å². The number of carbonyl (C=O) groups excluding carboxylic acids is 1. The van der Waals surface area contributed by atoms with E-state index in [9.17, 15) is 4.79 Å². The second-order valence-electron chi connectivity index (χ2n) is 8.12. The molecular weight excluding hydrogens is 486 g/mol. The number of para-hydroxylation sites is 1. The van der Waals surface area contributed by atoms with Gasteiger partial charge in [-0.3, -0.25) is 15.1 Å². The Morgan fingerprint density at radius 1 is 0.811 bits per heavy atom. The molecule has 0 aromatic heterocycles. The lowest BCUT2D eigenvalue weighted by molar-refractivity contribution is -0.114. The van der Waals surface area contributed by atoms with Gasteiger partial charge in [-0.05, 0) is 41.5 Å². The Kier molecular flexibility index (Phi) is 7.78. The van der Waals surface area contributed by atoms with E-state index in [1.54, 1.807) is 11.0 Å². The van der Waals surface area contributed by atoms with Crippen LogP contribution >= 0.6 is 11.8 Å². The van der Waals surface area contributed by atoms with Gasteiger partial charge >= 0.3 is 0 Å². The zero-order valence-corrected chi connectivity index (χ0v) is 20.8. The maximum absolute atomic E-state index is 12.7. The van der Waals surface area contributed by atoms with Gasteiger partial charge in [0.1, 0.15) is 30.5 Å². The molecule has 186 valence electrons. The lowest BCUT2D eigenvalue weighted by atomic mass is 10.1. The average Bonchev–Trinajstić information content (AvgIpc) is 3.36. The quantitative estimate of drug-likeness (QED) is 0.287. The van der Waals surface area contributed by atoms with Gasteiger partial charge in [-0.1, -0.05) is 72.4 Å². The number of ether oxygens (including phenoxy) is 3. The van der Waals surface area contributed by atoms with Gasteiger partial charge in [0.25, 0.3) is 5.91 Å². The number of benzene rings is 3. The van der Waals surface area contributed by atoms with E-state index in [1.807, 2.05) is 90.3 Å². The summed E-state index contributed by atoms with van der Waals surface area (Å²) in [6.07, 6.45) is 1.69. The lowest BCUT2D eigenvalue weighted by Crippen LogP contribution is -2.38. The molecule has 1 N–H and O–H groups in total. The molecular formula is C29H25N3O4S. The Morgan fingerprint density at radius 3 is 2.11 bits per heavy atom. The second-order valence-corrected chi connectivity index (χ2v) is 8.96. The Bertz CT molecular complexity index is 1350. The Labute approximate surface area is 219 Å². The molecule has 0 unspecified atom stereocenters. The van der Waals surface area contributed by atoms with Crippen molar-refractivity contribution in [2.24, 2.45) is 4.99 Å². The fraction of sp³-hybridized carbons (Fsp3) is 0.138. The van der Waals surface area contributed by atoms with Crippen LogP contribution in [-0.2, 0) is 9.53 Å². The van der Waals surface area contributed by atoms with Crippen LogP contribution in [0.4, 0.5) is 0 Å². The van der Waals surface area contributed by atoms with Crippen molar-refractivity contribution in [3.05, 3.63) is 107 Å². The third-order valence-corrected chi connectivity index (χ3v) is 6.44. The van der Waals surface area contributed by atoms with Gasteiger partial charge in [0.15, 0.2) is 5.17 Å². The van der Waals surface area contributed by atoms with Gasteiger partial charge in [-0.15, -0.1) is 0 Å². The minimum atomic E-state index is -0.416. The smallest absolute Gasteiger partial charge is 0.283 e. The van der Waals surface area contributed by atoms with E-state index in [-0.39, 0.29) is 11.4 Å². The summed E-state index contributed by atoms with van der Waals surface area (Å²) in [7, 11) is 0. The summed E-state index contributed by atoms with van der Waals surface area (Å²) in [5, 5.41) is 11.2.